The first-order valence-electron chi connectivity index (χ1n) is 6.11. The van der Waals surface area contributed by atoms with Crippen LogP contribution in [-0.2, 0) is 6.54 Å². The second-order valence-electron chi connectivity index (χ2n) is 4.01. The summed E-state index contributed by atoms with van der Waals surface area (Å²) >= 11 is 0. The molecule has 0 amide bonds. The molecule has 0 aliphatic rings. The van der Waals surface area contributed by atoms with E-state index in [2.05, 4.69) is 20.6 Å². The van der Waals surface area contributed by atoms with Crippen molar-refractivity contribution in [3.05, 3.63) is 42.2 Å². The van der Waals surface area contributed by atoms with Crippen molar-refractivity contribution in [2.24, 2.45) is 0 Å². The summed E-state index contributed by atoms with van der Waals surface area (Å²) in [6.45, 7) is 0.845. The van der Waals surface area contributed by atoms with Crippen LogP contribution in [0, 0.1) is 11.3 Å². The van der Waals surface area contributed by atoms with Gasteiger partial charge in [-0.2, -0.15) is 5.26 Å². The Bertz CT molecular complexity index is 609. The van der Waals surface area contributed by atoms with Crippen LogP contribution in [0.1, 0.15) is 5.56 Å². The molecular weight excluding hydrogens is 254 g/mol. The lowest BCUT2D eigenvalue weighted by Crippen LogP contribution is -2.05. The molecule has 6 nitrogen and oxygen atoms in total. The van der Waals surface area contributed by atoms with E-state index in [4.69, 9.17) is 10.00 Å². The summed E-state index contributed by atoms with van der Waals surface area (Å²) in [5.74, 6) is 2.14. The van der Waals surface area contributed by atoms with E-state index in [0.717, 1.165) is 11.3 Å². The summed E-state index contributed by atoms with van der Waals surface area (Å²) in [7, 11) is 1.64. The number of nitrogens with one attached hydrogen (secondary N) is 2. The quantitative estimate of drug-likeness (QED) is 0.781. The highest BCUT2D eigenvalue weighted by molar-refractivity contribution is 5.47. The molecule has 1 heterocycles. The van der Waals surface area contributed by atoms with Gasteiger partial charge in [-0.3, -0.25) is 0 Å². The van der Waals surface area contributed by atoms with Gasteiger partial charge >= 0.3 is 0 Å². The summed E-state index contributed by atoms with van der Waals surface area (Å²) in [5.41, 5.74) is 1.09. The van der Waals surface area contributed by atoms with Gasteiger partial charge in [0.05, 0.1) is 13.2 Å². The Balaban J connectivity index is 1.98. The van der Waals surface area contributed by atoms with E-state index >= 15 is 0 Å². The van der Waals surface area contributed by atoms with Gasteiger partial charge in [0.1, 0.15) is 30.3 Å². The van der Waals surface area contributed by atoms with E-state index in [1.807, 2.05) is 30.3 Å². The fourth-order valence-corrected chi connectivity index (χ4v) is 1.66. The summed E-state index contributed by atoms with van der Waals surface area (Å²) in [5, 5.41) is 14.6. The number of hydrogen-bond donors (Lipinski definition) is 2. The number of hydrogen-bond acceptors (Lipinski definition) is 6. The van der Waals surface area contributed by atoms with Crippen LogP contribution in [0.15, 0.2) is 36.7 Å². The van der Waals surface area contributed by atoms with E-state index in [1.165, 1.54) is 6.33 Å². The molecule has 0 aliphatic carbocycles. The molecule has 102 valence electrons. The summed E-state index contributed by atoms with van der Waals surface area (Å²) in [6.07, 6.45) is 1.45. The van der Waals surface area contributed by atoms with Crippen molar-refractivity contribution in [1.29, 1.82) is 5.26 Å². The average molecular weight is 269 g/mol. The third kappa shape index (κ3) is 3.85. The summed E-state index contributed by atoms with van der Waals surface area (Å²) in [6, 6.07) is 11.6. The van der Waals surface area contributed by atoms with Gasteiger partial charge in [0.15, 0.2) is 0 Å². The zero-order chi connectivity index (χ0) is 14.2. The minimum atomic E-state index is 0.215. The molecule has 0 spiro atoms. The van der Waals surface area contributed by atoms with Crippen molar-refractivity contribution >= 4 is 11.6 Å². The van der Waals surface area contributed by atoms with Crippen LogP contribution < -0.4 is 15.4 Å². The summed E-state index contributed by atoms with van der Waals surface area (Å²) in [4.78, 5) is 8.15. The molecule has 0 fully saturated rings. The van der Waals surface area contributed by atoms with Crippen molar-refractivity contribution in [1.82, 2.24) is 9.97 Å². The number of anilines is 2. The summed E-state index contributed by atoms with van der Waals surface area (Å²) < 4.78 is 5.18. The van der Waals surface area contributed by atoms with Crippen molar-refractivity contribution in [2.45, 2.75) is 6.54 Å². The molecule has 0 saturated carbocycles. The third-order valence-electron chi connectivity index (χ3n) is 2.62. The van der Waals surface area contributed by atoms with Crippen LogP contribution in [0.2, 0.25) is 0 Å². The molecule has 2 rings (SSSR count). The molecule has 0 atom stereocenters. The lowest BCUT2D eigenvalue weighted by atomic mass is 10.2. The minimum Gasteiger partial charge on any atom is -0.497 e. The number of aromatic nitrogens is 2. The second-order valence-corrected chi connectivity index (χ2v) is 4.01. The molecule has 1 aromatic heterocycles. The molecule has 2 aromatic rings. The topological polar surface area (TPSA) is 82.9 Å². The normalized spacial score (nSPS) is 9.60. The molecule has 2 N–H and O–H groups in total. The van der Waals surface area contributed by atoms with Gasteiger partial charge < -0.3 is 15.4 Å². The van der Waals surface area contributed by atoms with Crippen molar-refractivity contribution < 1.29 is 4.74 Å². The molecule has 20 heavy (non-hydrogen) atoms. The maximum Gasteiger partial charge on any atom is 0.132 e. The molecule has 1 aromatic carbocycles. The minimum absolute atomic E-state index is 0.215. The Kier molecular flexibility index (Phi) is 4.73. The largest absolute Gasteiger partial charge is 0.497 e. The van der Waals surface area contributed by atoms with Crippen LogP contribution in [0.25, 0.3) is 0 Å². The van der Waals surface area contributed by atoms with Crippen LogP contribution >= 0.6 is 0 Å². The van der Waals surface area contributed by atoms with Crippen molar-refractivity contribution in [3.8, 4) is 11.8 Å². The van der Waals surface area contributed by atoms with Crippen LogP contribution in [0.4, 0.5) is 11.6 Å². The zero-order valence-corrected chi connectivity index (χ0v) is 11.1. The monoisotopic (exact) mass is 269 g/mol. The Morgan fingerprint density at radius 1 is 1.20 bits per heavy atom. The van der Waals surface area contributed by atoms with E-state index in [9.17, 15) is 0 Å². The maximum absolute atomic E-state index is 8.51. The predicted octanol–water partition coefficient (Wildman–Crippen LogP) is 2.03. The Morgan fingerprint density at radius 3 is 2.75 bits per heavy atom. The Labute approximate surface area is 117 Å². The fourth-order valence-electron chi connectivity index (χ4n) is 1.66. The number of nitriles is 1. The predicted molar refractivity (Wildman–Crippen MR) is 76.5 cm³/mol. The number of nitrogens with zero attached hydrogens (tertiary/aromatic N) is 3. The highest BCUT2D eigenvalue weighted by Crippen LogP contribution is 2.14. The highest BCUT2D eigenvalue weighted by atomic mass is 16.5. The molecule has 0 bridgehead atoms. The Morgan fingerprint density at radius 2 is 2.00 bits per heavy atom. The number of rotatable bonds is 6. The first kappa shape index (κ1) is 13.6. The van der Waals surface area contributed by atoms with Crippen LogP contribution in [0.5, 0.6) is 5.75 Å². The van der Waals surface area contributed by atoms with Gasteiger partial charge in [-0.15, -0.1) is 0 Å². The first-order valence-corrected chi connectivity index (χ1v) is 6.11. The van der Waals surface area contributed by atoms with E-state index in [-0.39, 0.29) is 6.54 Å². The van der Waals surface area contributed by atoms with Gasteiger partial charge in [-0.1, -0.05) is 12.1 Å². The number of methoxy groups -OCH3 is 1. The first-order chi connectivity index (χ1) is 9.81. The van der Waals surface area contributed by atoms with E-state index in [0.29, 0.717) is 18.2 Å². The van der Waals surface area contributed by atoms with Crippen LogP contribution in [0.3, 0.4) is 0 Å². The van der Waals surface area contributed by atoms with Gasteiger partial charge in [-0.25, -0.2) is 9.97 Å². The lowest BCUT2D eigenvalue weighted by molar-refractivity contribution is 0.414. The van der Waals surface area contributed by atoms with Crippen molar-refractivity contribution in [3.63, 3.8) is 0 Å². The van der Waals surface area contributed by atoms with Gasteiger partial charge in [0.25, 0.3) is 0 Å². The van der Waals surface area contributed by atoms with Crippen LogP contribution in [-0.4, -0.2) is 23.6 Å². The molecule has 6 heteroatoms. The zero-order valence-electron chi connectivity index (χ0n) is 11.1. The van der Waals surface area contributed by atoms with Gasteiger partial charge in [0, 0.05) is 12.6 Å². The molecule has 0 radical (unpaired) electrons. The molecule has 0 aliphatic heterocycles. The molecule has 0 unspecified atom stereocenters. The van der Waals surface area contributed by atoms with E-state index < -0.39 is 0 Å². The molecule has 0 saturated heterocycles. The number of benzene rings is 1. The highest BCUT2D eigenvalue weighted by Gasteiger charge is 1.99. The average Bonchev–Trinajstić information content (AvgIpc) is 2.51. The Hall–Kier alpha value is -2.81. The number of ether oxygens (including phenoxy) is 1. The second kappa shape index (κ2) is 6.95. The van der Waals surface area contributed by atoms with Gasteiger partial charge in [-0.05, 0) is 17.7 Å². The van der Waals surface area contributed by atoms with E-state index in [1.54, 1.807) is 13.2 Å². The fraction of sp³-hybridized carbons (Fsp3) is 0.214. The van der Waals surface area contributed by atoms with Gasteiger partial charge in [0.2, 0.25) is 0 Å². The standard InChI is InChI=1S/C14H15N5O/c1-20-12-4-2-3-11(7-12)9-17-14-8-13(16-6-5-15)18-10-19-14/h2-4,7-8,10H,6,9H2,1H3,(H2,16,17,18,19). The molecular formula is C14H15N5O. The SMILES string of the molecule is COc1cccc(CNc2cc(NCC#N)ncn2)c1. The smallest absolute Gasteiger partial charge is 0.132 e. The lowest BCUT2D eigenvalue weighted by Gasteiger charge is -2.08. The van der Waals surface area contributed by atoms with Crippen molar-refractivity contribution in [2.75, 3.05) is 24.3 Å². The third-order valence-corrected chi connectivity index (χ3v) is 2.62. The maximum atomic E-state index is 8.51.